The SMILES string of the molecule is O=C(CCCCCc1cccs1)NCC1(O)CCSC1. The molecule has 2 heterocycles. The van der Waals surface area contributed by atoms with Gasteiger partial charge in [0.05, 0.1) is 5.60 Å². The van der Waals surface area contributed by atoms with Gasteiger partial charge in [0, 0.05) is 23.6 Å². The van der Waals surface area contributed by atoms with Crippen LogP contribution in [0.15, 0.2) is 17.5 Å². The molecule has 1 fully saturated rings. The fourth-order valence-electron chi connectivity index (χ4n) is 2.30. The van der Waals surface area contributed by atoms with Crippen molar-refractivity contribution >= 4 is 29.0 Å². The Hall–Kier alpha value is -0.520. The van der Waals surface area contributed by atoms with Crippen molar-refractivity contribution in [1.29, 1.82) is 0 Å². The molecule has 0 aliphatic carbocycles. The number of nitrogens with one attached hydrogen (secondary N) is 1. The van der Waals surface area contributed by atoms with Gasteiger partial charge < -0.3 is 10.4 Å². The highest BCUT2D eigenvalue weighted by atomic mass is 32.2. The first-order chi connectivity index (χ1) is 9.68. The molecule has 2 N–H and O–H groups in total. The molecule has 1 atom stereocenters. The zero-order chi connectivity index (χ0) is 14.3. The summed E-state index contributed by atoms with van der Waals surface area (Å²) in [7, 11) is 0. The fourth-order valence-corrected chi connectivity index (χ4v) is 4.35. The molecule has 112 valence electrons. The minimum absolute atomic E-state index is 0.0754. The maximum absolute atomic E-state index is 11.7. The van der Waals surface area contributed by atoms with Crippen molar-refractivity contribution in [3.8, 4) is 0 Å². The van der Waals surface area contributed by atoms with Crippen LogP contribution in [0.3, 0.4) is 0 Å². The van der Waals surface area contributed by atoms with E-state index in [1.807, 2.05) is 0 Å². The van der Waals surface area contributed by atoms with Crippen molar-refractivity contribution in [2.75, 3.05) is 18.1 Å². The summed E-state index contributed by atoms with van der Waals surface area (Å²) in [5.74, 6) is 1.81. The molecule has 0 bridgehead atoms. The van der Waals surface area contributed by atoms with Gasteiger partial charge in [-0.25, -0.2) is 0 Å². The maximum atomic E-state index is 11.7. The number of aryl methyl sites for hydroxylation is 1. The Morgan fingerprint density at radius 1 is 1.40 bits per heavy atom. The van der Waals surface area contributed by atoms with Crippen LogP contribution in [0.2, 0.25) is 0 Å². The van der Waals surface area contributed by atoms with Crippen molar-refractivity contribution < 1.29 is 9.90 Å². The highest BCUT2D eigenvalue weighted by molar-refractivity contribution is 7.99. The van der Waals surface area contributed by atoms with Gasteiger partial charge >= 0.3 is 0 Å². The van der Waals surface area contributed by atoms with E-state index in [0.717, 1.165) is 43.6 Å². The number of rotatable bonds is 8. The number of hydrogen-bond acceptors (Lipinski definition) is 4. The van der Waals surface area contributed by atoms with Gasteiger partial charge in [0.25, 0.3) is 0 Å². The molecule has 1 aliphatic rings. The van der Waals surface area contributed by atoms with E-state index in [2.05, 4.69) is 22.8 Å². The standard InChI is InChI=1S/C15H23NO2S2/c17-14(16-11-15(18)8-10-19-12-15)7-3-1-2-5-13-6-4-9-20-13/h4,6,9,18H,1-3,5,7-8,10-12H2,(H,16,17). The van der Waals surface area contributed by atoms with Crippen LogP contribution in [0.4, 0.5) is 0 Å². The summed E-state index contributed by atoms with van der Waals surface area (Å²) in [6, 6.07) is 4.25. The lowest BCUT2D eigenvalue weighted by Gasteiger charge is -2.21. The van der Waals surface area contributed by atoms with E-state index < -0.39 is 5.60 Å². The molecule has 0 spiro atoms. The Morgan fingerprint density at radius 3 is 3.00 bits per heavy atom. The predicted octanol–water partition coefficient (Wildman–Crippen LogP) is 2.84. The number of carbonyl (C=O) groups is 1. The molecule has 0 radical (unpaired) electrons. The van der Waals surface area contributed by atoms with E-state index in [0.29, 0.717) is 13.0 Å². The quantitative estimate of drug-likeness (QED) is 0.726. The topological polar surface area (TPSA) is 49.3 Å². The van der Waals surface area contributed by atoms with Crippen LogP contribution in [-0.2, 0) is 11.2 Å². The molecular weight excluding hydrogens is 290 g/mol. The molecular formula is C15H23NO2S2. The van der Waals surface area contributed by atoms with Gasteiger partial charge in [-0.1, -0.05) is 12.5 Å². The van der Waals surface area contributed by atoms with E-state index in [9.17, 15) is 9.90 Å². The van der Waals surface area contributed by atoms with Crippen molar-refractivity contribution in [2.24, 2.45) is 0 Å². The molecule has 20 heavy (non-hydrogen) atoms. The Labute approximate surface area is 129 Å². The molecule has 0 saturated carbocycles. The van der Waals surface area contributed by atoms with Gasteiger partial charge in [0.1, 0.15) is 0 Å². The zero-order valence-electron chi connectivity index (χ0n) is 11.8. The van der Waals surface area contributed by atoms with Gasteiger partial charge in [0.2, 0.25) is 5.91 Å². The van der Waals surface area contributed by atoms with Gasteiger partial charge in [0.15, 0.2) is 0 Å². The minimum Gasteiger partial charge on any atom is -0.387 e. The summed E-state index contributed by atoms with van der Waals surface area (Å²) in [6.45, 7) is 0.411. The number of carbonyl (C=O) groups excluding carboxylic acids is 1. The summed E-state index contributed by atoms with van der Waals surface area (Å²) in [5.41, 5.74) is -0.667. The second-order valence-electron chi connectivity index (χ2n) is 5.44. The monoisotopic (exact) mass is 313 g/mol. The van der Waals surface area contributed by atoms with Gasteiger partial charge in [-0.15, -0.1) is 11.3 Å². The fraction of sp³-hybridized carbons (Fsp3) is 0.667. The van der Waals surface area contributed by atoms with Gasteiger partial charge in [-0.05, 0) is 42.9 Å². The van der Waals surface area contributed by atoms with Crippen molar-refractivity contribution in [3.63, 3.8) is 0 Å². The first-order valence-electron chi connectivity index (χ1n) is 7.27. The summed E-state index contributed by atoms with van der Waals surface area (Å²) in [5, 5.41) is 15.1. The van der Waals surface area contributed by atoms with Crippen LogP contribution in [0.5, 0.6) is 0 Å². The highest BCUT2D eigenvalue weighted by Gasteiger charge is 2.31. The minimum atomic E-state index is -0.667. The largest absolute Gasteiger partial charge is 0.387 e. The lowest BCUT2D eigenvalue weighted by atomic mass is 10.0. The molecule has 2 rings (SSSR count). The van der Waals surface area contributed by atoms with Crippen LogP contribution in [0, 0.1) is 0 Å². The van der Waals surface area contributed by atoms with Crippen molar-refractivity contribution in [1.82, 2.24) is 5.32 Å². The number of aliphatic hydroxyl groups is 1. The average molecular weight is 313 g/mol. The van der Waals surface area contributed by atoms with E-state index in [4.69, 9.17) is 0 Å². The third-order valence-electron chi connectivity index (χ3n) is 3.60. The third-order valence-corrected chi connectivity index (χ3v) is 5.77. The van der Waals surface area contributed by atoms with Crippen LogP contribution in [0.1, 0.15) is 37.0 Å². The number of amides is 1. The van der Waals surface area contributed by atoms with Gasteiger partial charge in [-0.2, -0.15) is 11.8 Å². The Bertz CT molecular complexity index is 400. The summed E-state index contributed by atoms with van der Waals surface area (Å²) < 4.78 is 0. The number of thioether (sulfide) groups is 1. The Balaban J connectivity index is 1.49. The van der Waals surface area contributed by atoms with Gasteiger partial charge in [-0.3, -0.25) is 4.79 Å². The molecule has 1 aromatic heterocycles. The van der Waals surface area contributed by atoms with E-state index in [1.54, 1.807) is 23.1 Å². The first kappa shape index (κ1) is 15.9. The summed E-state index contributed by atoms with van der Waals surface area (Å²) in [6.07, 6.45) is 5.66. The lowest BCUT2D eigenvalue weighted by molar-refractivity contribution is -0.122. The van der Waals surface area contributed by atoms with Crippen molar-refractivity contribution in [3.05, 3.63) is 22.4 Å². The van der Waals surface area contributed by atoms with Crippen LogP contribution in [0.25, 0.3) is 0 Å². The summed E-state index contributed by atoms with van der Waals surface area (Å²) in [4.78, 5) is 13.1. The zero-order valence-corrected chi connectivity index (χ0v) is 13.4. The second kappa shape index (κ2) is 8.05. The summed E-state index contributed by atoms with van der Waals surface area (Å²) >= 11 is 3.56. The Kier molecular flexibility index (Phi) is 6.39. The lowest BCUT2D eigenvalue weighted by Crippen LogP contribution is -2.42. The number of thiophene rings is 1. The van der Waals surface area contributed by atoms with Crippen LogP contribution >= 0.6 is 23.1 Å². The molecule has 1 amide bonds. The van der Waals surface area contributed by atoms with Crippen molar-refractivity contribution in [2.45, 2.75) is 44.1 Å². The second-order valence-corrected chi connectivity index (χ2v) is 7.58. The first-order valence-corrected chi connectivity index (χ1v) is 9.31. The van der Waals surface area contributed by atoms with E-state index >= 15 is 0 Å². The molecule has 1 unspecified atom stereocenters. The Morgan fingerprint density at radius 2 is 2.30 bits per heavy atom. The molecule has 0 aromatic carbocycles. The number of hydrogen-bond donors (Lipinski definition) is 2. The predicted molar refractivity (Wildman–Crippen MR) is 86.4 cm³/mol. The van der Waals surface area contributed by atoms with Crippen LogP contribution < -0.4 is 5.32 Å². The highest BCUT2D eigenvalue weighted by Crippen LogP contribution is 2.26. The average Bonchev–Trinajstić information content (AvgIpc) is 3.08. The molecule has 3 nitrogen and oxygen atoms in total. The normalized spacial score (nSPS) is 22.1. The smallest absolute Gasteiger partial charge is 0.220 e. The third kappa shape index (κ3) is 5.46. The molecule has 1 saturated heterocycles. The number of unbranched alkanes of at least 4 members (excludes halogenated alkanes) is 2. The molecule has 5 heteroatoms. The molecule has 1 aromatic rings. The van der Waals surface area contributed by atoms with E-state index in [-0.39, 0.29) is 5.91 Å². The van der Waals surface area contributed by atoms with E-state index in [1.165, 1.54) is 4.88 Å². The van der Waals surface area contributed by atoms with Crippen LogP contribution in [-0.4, -0.2) is 34.7 Å². The maximum Gasteiger partial charge on any atom is 0.220 e. The molecule has 1 aliphatic heterocycles.